The number of hydrogen-bond donors (Lipinski definition) is 1. The van der Waals surface area contributed by atoms with Gasteiger partial charge < -0.3 is 14.3 Å². The molecule has 0 aliphatic carbocycles. The summed E-state index contributed by atoms with van der Waals surface area (Å²) in [5.74, 6) is 1.73. The zero-order valence-electron chi connectivity index (χ0n) is 32.6. The molecule has 0 fully saturated rings. The summed E-state index contributed by atoms with van der Waals surface area (Å²) in [6, 6.07) is 16.3. The van der Waals surface area contributed by atoms with Crippen LogP contribution in [0.25, 0.3) is 0 Å². The molecule has 0 spiro atoms. The Kier molecular flexibility index (Phi) is 26.5. The van der Waals surface area contributed by atoms with Crippen LogP contribution in [-0.2, 0) is 0 Å². The third-order valence-corrected chi connectivity index (χ3v) is 13.2. The minimum atomic E-state index is -2.86. The molecule has 4 heteroatoms. The van der Waals surface area contributed by atoms with Crippen molar-refractivity contribution in [3.05, 3.63) is 48.5 Å². The first kappa shape index (κ1) is 43.4. The summed E-state index contributed by atoms with van der Waals surface area (Å²) in [7, 11) is -2.86. The standard InChI is InChI=1S/C45H78O3Si/c1-4-6-8-10-12-14-16-18-20-22-24-26-28-30-38-47-42-34-32-36-44(40-42)49(3,46)45-37-33-35-43(41-45)48-39-31-29-27-25-23-21-19-17-15-13-11-9-7-5-2/h32-37,40-41,46H,4-31,38-39H2,1-3H3. The Morgan fingerprint density at radius 1 is 0.408 bits per heavy atom. The molecule has 0 aliphatic rings. The van der Waals surface area contributed by atoms with Crippen LogP contribution in [-0.4, -0.2) is 26.3 Å². The molecule has 0 saturated carbocycles. The van der Waals surface area contributed by atoms with E-state index in [-0.39, 0.29) is 0 Å². The maximum atomic E-state index is 11.7. The van der Waals surface area contributed by atoms with Crippen LogP contribution in [0.5, 0.6) is 11.5 Å². The summed E-state index contributed by atoms with van der Waals surface area (Å²) in [6.07, 6.45) is 38.2. The van der Waals surface area contributed by atoms with Gasteiger partial charge in [0, 0.05) is 0 Å². The summed E-state index contributed by atoms with van der Waals surface area (Å²) >= 11 is 0. The summed E-state index contributed by atoms with van der Waals surface area (Å²) in [4.78, 5) is 11.7. The van der Waals surface area contributed by atoms with Crippen LogP contribution in [0.1, 0.15) is 194 Å². The van der Waals surface area contributed by atoms with Crippen molar-refractivity contribution in [2.75, 3.05) is 13.2 Å². The van der Waals surface area contributed by atoms with E-state index in [0.29, 0.717) is 0 Å². The van der Waals surface area contributed by atoms with Crippen molar-refractivity contribution in [1.29, 1.82) is 0 Å². The molecular weight excluding hydrogens is 617 g/mol. The van der Waals surface area contributed by atoms with E-state index in [1.165, 1.54) is 167 Å². The lowest BCUT2D eigenvalue weighted by Crippen LogP contribution is -2.56. The highest BCUT2D eigenvalue weighted by atomic mass is 28.4. The highest BCUT2D eigenvalue weighted by Crippen LogP contribution is 2.17. The molecule has 49 heavy (non-hydrogen) atoms. The quantitative estimate of drug-likeness (QED) is 0.0585. The predicted octanol–water partition coefficient (Wildman–Crippen LogP) is 13.1. The lowest BCUT2D eigenvalue weighted by atomic mass is 10.0. The third-order valence-electron chi connectivity index (χ3n) is 10.3. The van der Waals surface area contributed by atoms with Gasteiger partial charge in [-0.15, -0.1) is 0 Å². The van der Waals surface area contributed by atoms with Crippen molar-refractivity contribution < 1.29 is 14.3 Å². The Morgan fingerprint density at radius 2 is 0.673 bits per heavy atom. The normalized spacial score (nSPS) is 11.7. The summed E-state index contributed by atoms with van der Waals surface area (Å²) in [5, 5.41) is 1.96. The molecule has 280 valence electrons. The second-order valence-electron chi connectivity index (χ2n) is 15.0. The Bertz CT molecular complexity index is 942. The molecule has 0 heterocycles. The van der Waals surface area contributed by atoms with Gasteiger partial charge >= 0.3 is 0 Å². The Balaban J connectivity index is 1.55. The zero-order chi connectivity index (χ0) is 35.1. The minimum Gasteiger partial charge on any atom is -0.494 e. The fourth-order valence-electron chi connectivity index (χ4n) is 6.92. The third kappa shape index (κ3) is 21.9. The van der Waals surface area contributed by atoms with Gasteiger partial charge in [-0.2, -0.15) is 0 Å². The van der Waals surface area contributed by atoms with Crippen molar-refractivity contribution in [3.63, 3.8) is 0 Å². The van der Waals surface area contributed by atoms with E-state index in [4.69, 9.17) is 9.47 Å². The first-order valence-electron chi connectivity index (χ1n) is 21.3. The molecular formula is C45H78O3Si. The van der Waals surface area contributed by atoms with Crippen molar-refractivity contribution in [3.8, 4) is 11.5 Å². The van der Waals surface area contributed by atoms with Crippen LogP contribution in [0.3, 0.4) is 0 Å². The fourth-order valence-corrected chi connectivity index (χ4v) is 8.94. The van der Waals surface area contributed by atoms with Gasteiger partial charge in [0.05, 0.1) is 13.2 Å². The zero-order valence-corrected chi connectivity index (χ0v) is 33.6. The molecule has 0 aliphatic heterocycles. The monoisotopic (exact) mass is 695 g/mol. The number of unbranched alkanes of at least 4 members (excludes halogenated alkanes) is 26. The van der Waals surface area contributed by atoms with E-state index in [0.717, 1.165) is 47.9 Å². The van der Waals surface area contributed by atoms with E-state index in [1.54, 1.807) is 0 Å². The molecule has 0 aromatic heterocycles. The van der Waals surface area contributed by atoms with Crippen molar-refractivity contribution in [1.82, 2.24) is 0 Å². The Hall–Kier alpha value is -1.78. The molecule has 2 rings (SSSR count). The number of ether oxygens (including phenoxy) is 2. The largest absolute Gasteiger partial charge is 0.494 e. The van der Waals surface area contributed by atoms with Crippen molar-refractivity contribution in [2.45, 2.75) is 200 Å². The van der Waals surface area contributed by atoms with Gasteiger partial charge in [-0.05, 0) is 54.0 Å². The van der Waals surface area contributed by atoms with Gasteiger partial charge in [0.15, 0.2) is 0 Å². The summed E-state index contributed by atoms with van der Waals surface area (Å²) in [6.45, 7) is 8.07. The molecule has 3 nitrogen and oxygen atoms in total. The van der Waals surface area contributed by atoms with Crippen molar-refractivity contribution >= 4 is 18.7 Å². The maximum Gasteiger partial charge on any atom is 0.249 e. The average molecular weight is 695 g/mol. The molecule has 0 atom stereocenters. The van der Waals surface area contributed by atoms with E-state index in [1.807, 2.05) is 42.9 Å². The van der Waals surface area contributed by atoms with Gasteiger partial charge in [0.2, 0.25) is 8.32 Å². The van der Waals surface area contributed by atoms with Crippen molar-refractivity contribution in [2.24, 2.45) is 0 Å². The molecule has 0 bridgehead atoms. The molecule has 2 aromatic carbocycles. The Labute approximate surface area is 305 Å². The van der Waals surface area contributed by atoms with E-state index in [2.05, 4.69) is 26.0 Å². The van der Waals surface area contributed by atoms with Crippen LogP contribution >= 0.6 is 0 Å². The van der Waals surface area contributed by atoms with Crippen LogP contribution in [0.4, 0.5) is 0 Å². The SMILES string of the molecule is CCCCCCCCCCCCCCCCOc1cccc([Si](C)(O)c2cccc(OCCCCCCCCCCCCCCCC)c2)c1. The first-order valence-corrected chi connectivity index (χ1v) is 23.7. The molecule has 0 amide bonds. The lowest BCUT2D eigenvalue weighted by Gasteiger charge is -2.22. The van der Waals surface area contributed by atoms with Crippen LogP contribution in [0.2, 0.25) is 6.55 Å². The van der Waals surface area contributed by atoms with E-state index in [9.17, 15) is 4.80 Å². The number of benzene rings is 2. The number of rotatable bonds is 34. The molecule has 2 aromatic rings. The molecule has 0 saturated heterocycles. The highest BCUT2D eigenvalue weighted by Gasteiger charge is 2.30. The second-order valence-corrected chi connectivity index (χ2v) is 18.3. The van der Waals surface area contributed by atoms with Gasteiger partial charge in [-0.25, -0.2) is 0 Å². The van der Waals surface area contributed by atoms with E-state index >= 15 is 0 Å². The van der Waals surface area contributed by atoms with Crippen LogP contribution in [0.15, 0.2) is 48.5 Å². The summed E-state index contributed by atoms with van der Waals surface area (Å²) in [5.41, 5.74) is 0. The van der Waals surface area contributed by atoms with Crippen LogP contribution in [0, 0.1) is 0 Å². The molecule has 0 radical (unpaired) electrons. The van der Waals surface area contributed by atoms with Gasteiger partial charge in [-0.3, -0.25) is 0 Å². The predicted molar refractivity (Wildman–Crippen MR) is 218 cm³/mol. The maximum absolute atomic E-state index is 11.7. The molecule has 1 N–H and O–H groups in total. The lowest BCUT2D eigenvalue weighted by molar-refractivity contribution is 0.304. The Morgan fingerprint density at radius 3 is 0.959 bits per heavy atom. The second kappa shape index (κ2) is 29.9. The van der Waals surface area contributed by atoms with E-state index < -0.39 is 8.32 Å². The topological polar surface area (TPSA) is 38.7 Å². The minimum absolute atomic E-state index is 0.744. The highest BCUT2D eigenvalue weighted by molar-refractivity contribution is 6.95. The smallest absolute Gasteiger partial charge is 0.249 e. The fraction of sp³-hybridized carbons (Fsp3) is 0.733. The first-order chi connectivity index (χ1) is 24.1. The average Bonchev–Trinajstić information content (AvgIpc) is 3.12. The molecule has 0 unspecified atom stereocenters. The van der Waals surface area contributed by atoms with Gasteiger partial charge in [0.1, 0.15) is 11.5 Å². The van der Waals surface area contributed by atoms with Gasteiger partial charge in [-0.1, -0.05) is 205 Å². The van der Waals surface area contributed by atoms with Crippen LogP contribution < -0.4 is 19.8 Å². The van der Waals surface area contributed by atoms with Gasteiger partial charge in [0.25, 0.3) is 0 Å². The number of hydrogen-bond acceptors (Lipinski definition) is 3. The summed E-state index contributed by atoms with van der Waals surface area (Å²) < 4.78 is 12.3.